The molecule has 8 heavy (non-hydrogen) atoms. The minimum Gasteiger partial charge on any atom is -0.393 e. The first-order valence-electron chi connectivity index (χ1n) is 2.82. The fourth-order valence-electron chi connectivity index (χ4n) is 1.02. The van der Waals surface area contributed by atoms with Crippen molar-refractivity contribution in [1.29, 1.82) is 0 Å². The summed E-state index contributed by atoms with van der Waals surface area (Å²) in [6, 6.07) is -0.204. The van der Waals surface area contributed by atoms with Crippen molar-refractivity contribution in [2.45, 2.75) is 31.1 Å². The molecule has 1 aliphatic carbocycles. The van der Waals surface area contributed by atoms with E-state index in [9.17, 15) is 0 Å². The molecule has 0 aliphatic heterocycles. The van der Waals surface area contributed by atoms with Gasteiger partial charge in [-0.2, -0.15) is 0 Å². The Bertz CT molecular complexity index is 76.5. The predicted molar refractivity (Wildman–Crippen MR) is 29.2 cm³/mol. The monoisotopic (exact) mass is 117 g/mol. The number of rotatable bonds is 0. The molecule has 0 unspecified atom stereocenters. The van der Waals surface area contributed by atoms with Crippen LogP contribution in [0.1, 0.15) is 12.8 Å². The molecule has 0 amide bonds. The van der Waals surface area contributed by atoms with Gasteiger partial charge in [-0.05, 0) is 6.42 Å². The lowest BCUT2D eigenvalue weighted by Crippen LogP contribution is -2.28. The molecule has 1 aliphatic rings. The highest BCUT2D eigenvalue weighted by atomic mass is 16.3. The number of aliphatic hydroxyl groups excluding tert-OH is 2. The van der Waals surface area contributed by atoms with Crippen LogP contribution in [0, 0.1) is 0 Å². The molecule has 0 spiro atoms. The van der Waals surface area contributed by atoms with Crippen LogP contribution >= 0.6 is 0 Å². The molecule has 3 heteroatoms. The Balaban J connectivity index is 2.39. The van der Waals surface area contributed by atoms with Crippen molar-refractivity contribution in [3.8, 4) is 0 Å². The van der Waals surface area contributed by atoms with E-state index in [0.717, 1.165) is 0 Å². The van der Waals surface area contributed by atoms with Crippen LogP contribution in [0.3, 0.4) is 0 Å². The highest BCUT2D eigenvalue weighted by Crippen LogP contribution is 2.16. The second-order valence-corrected chi connectivity index (χ2v) is 2.36. The number of nitrogens with two attached hydrogens (primary N) is 1. The summed E-state index contributed by atoms with van der Waals surface area (Å²) in [4.78, 5) is 0. The first-order chi connectivity index (χ1) is 3.70. The van der Waals surface area contributed by atoms with Gasteiger partial charge in [-0.3, -0.25) is 0 Å². The van der Waals surface area contributed by atoms with Crippen LogP contribution in [-0.4, -0.2) is 28.5 Å². The molecule has 1 fully saturated rings. The average molecular weight is 117 g/mol. The van der Waals surface area contributed by atoms with Gasteiger partial charge in [0.05, 0.1) is 12.2 Å². The average Bonchev–Trinajstić information content (AvgIpc) is 1.85. The molecule has 3 nitrogen and oxygen atoms in total. The summed E-state index contributed by atoms with van der Waals surface area (Å²) < 4.78 is 0. The quantitative estimate of drug-likeness (QED) is 0.374. The van der Waals surface area contributed by atoms with Crippen molar-refractivity contribution in [2.75, 3.05) is 0 Å². The van der Waals surface area contributed by atoms with Crippen LogP contribution in [0.5, 0.6) is 0 Å². The molecule has 0 aromatic rings. The molecule has 0 aromatic heterocycles. The maximum atomic E-state index is 8.88. The molecule has 0 saturated heterocycles. The van der Waals surface area contributed by atoms with Crippen LogP contribution in [-0.2, 0) is 0 Å². The topological polar surface area (TPSA) is 66.5 Å². The summed E-state index contributed by atoms with van der Waals surface area (Å²) in [6.07, 6.45) is 0.132. The molecular formula is C5H11NO2. The minimum atomic E-state index is -0.481. The molecule has 48 valence electrons. The third-order valence-electron chi connectivity index (χ3n) is 1.55. The molecule has 0 bridgehead atoms. The van der Waals surface area contributed by atoms with Crippen molar-refractivity contribution in [2.24, 2.45) is 5.73 Å². The lowest BCUT2D eigenvalue weighted by Gasteiger charge is -2.04. The van der Waals surface area contributed by atoms with Crippen molar-refractivity contribution in [1.82, 2.24) is 0 Å². The van der Waals surface area contributed by atoms with E-state index >= 15 is 0 Å². The Morgan fingerprint density at radius 1 is 1.25 bits per heavy atom. The summed E-state index contributed by atoms with van der Waals surface area (Å²) in [5, 5.41) is 17.7. The van der Waals surface area contributed by atoms with E-state index in [2.05, 4.69) is 0 Å². The van der Waals surface area contributed by atoms with E-state index in [4.69, 9.17) is 15.9 Å². The van der Waals surface area contributed by atoms with Gasteiger partial charge in [0, 0.05) is 12.5 Å². The number of hydrogen-bond acceptors (Lipinski definition) is 3. The maximum Gasteiger partial charge on any atom is 0.0716 e. The number of hydrogen-bond donors (Lipinski definition) is 3. The summed E-state index contributed by atoms with van der Waals surface area (Å²) in [5.74, 6) is 0. The van der Waals surface area contributed by atoms with E-state index < -0.39 is 6.10 Å². The van der Waals surface area contributed by atoms with Gasteiger partial charge in [-0.1, -0.05) is 0 Å². The first-order valence-corrected chi connectivity index (χ1v) is 2.82. The van der Waals surface area contributed by atoms with Gasteiger partial charge >= 0.3 is 0 Å². The Kier molecular flexibility index (Phi) is 1.51. The highest BCUT2D eigenvalue weighted by Gasteiger charge is 2.28. The lowest BCUT2D eigenvalue weighted by atomic mass is 10.2. The molecular weight excluding hydrogens is 106 g/mol. The summed E-state index contributed by atoms with van der Waals surface area (Å²) in [6.45, 7) is 0. The molecule has 1 rings (SSSR count). The lowest BCUT2D eigenvalue weighted by molar-refractivity contribution is 0.133. The minimum absolute atomic E-state index is 0.204. The van der Waals surface area contributed by atoms with Crippen molar-refractivity contribution >= 4 is 0 Å². The summed E-state index contributed by atoms with van der Waals surface area (Å²) >= 11 is 0. The van der Waals surface area contributed by atoms with Gasteiger partial charge in [-0.25, -0.2) is 0 Å². The zero-order valence-electron chi connectivity index (χ0n) is 4.62. The fraction of sp³-hybridized carbons (Fsp3) is 1.00. The van der Waals surface area contributed by atoms with E-state index in [1.54, 1.807) is 0 Å². The fourth-order valence-corrected chi connectivity index (χ4v) is 1.02. The molecule has 1 saturated carbocycles. The standard InChI is InChI=1S/C5H11NO2/c6-4-1-3(7)2-5(4)8/h3-5,7-8H,1-2,6H2/t3-,4-,5-/m1/s1. The Labute approximate surface area is 48.1 Å². The van der Waals surface area contributed by atoms with E-state index in [0.29, 0.717) is 12.8 Å². The third kappa shape index (κ3) is 0.992. The van der Waals surface area contributed by atoms with E-state index in [1.807, 2.05) is 0 Å². The third-order valence-corrected chi connectivity index (χ3v) is 1.55. The zero-order valence-corrected chi connectivity index (χ0v) is 4.62. The summed E-state index contributed by atoms with van der Waals surface area (Å²) in [5.41, 5.74) is 5.36. The molecule has 3 atom stereocenters. The Morgan fingerprint density at radius 3 is 2.00 bits per heavy atom. The Morgan fingerprint density at radius 2 is 1.88 bits per heavy atom. The Hall–Kier alpha value is -0.120. The zero-order chi connectivity index (χ0) is 6.15. The normalized spacial score (nSPS) is 47.6. The maximum absolute atomic E-state index is 8.88. The molecule has 4 N–H and O–H groups in total. The van der Waals surface area contributed by atoms with Crippen LogP contribution in [0.25, 0.3) is 0 Å². The second-order valence-electron chi connectivity index (χ2n) is 2.36. The largest absolute Gasteiger partial charge is 0.393 e. The second kappa shape index (κ2) is 2.01. The molecule has 0 heterocycles. The van der Waals surface area contributed by atoms with Gasteiger partial charge < -0.3 is 15.9 Å². The van der Waals surface area contributed by atoms with Crippen molar-refractivity contribution < 1.29 is 10.2 Å². The summed E-state index contributed by atoms with van der Waals surface area (Å²) in [7, 11) is 0. The van der Waals surface area contributed by atoms with Gasteiger partial charge in [-0.15, -0.1) is 0 Å². The van der Waals surface area contributed by atoms with Gasteiger partial charge in [0.1, 0.15) is 0 Å². The van der Waals surface area contributed by atoms with Gasteiger partial charge in [0.25, 0.3) is 0 Å². The van der Waals surface area contributed by atoms with E-state index in [-0.39, 0.29) is 12.1 Å². The number of aliphatic hydroxyl groups is 2. The smallest absolute Gasteiger partial charge is 0.0716 e. The predicted octanol–water partition coefficient (Wildman–Crippen LogP) is -1.17. The first kappa shape index (κ1) is 6.01. The van der Waals surface area contributed by atoms with Gasteiger partial charge in [0.15, 0.2) is 0 Å². The van der Waals surface area contributed by atoms with E-state index in [1.165, 1.54) is 0 Å². The molecule has 0 radical (unpaired) electrons. The van der Waals surface area contributed by atoms with Gasteiger partial charge in [0.2, 0.25) is 0 Å². The van der Waals surface area contributed by atoms with Crippen molar-refractivity contribution in [3.63, 3.8) is 0 Å². The van der Waals surface area contributed by atoms with Crippen molar-refractivity contribution in [3.05, 3.63) is 0 Å². The SMILES string of the molecule is N[C@@H]1C[C@@H](O)C[C@H]1O. The van der Waals surface area contributed by atoms with Crippen LogP contribution in [0.2, 0.25) is 0 Å². The molecule has 0 aromatic carbocycles. The van der Waals surface area contributed by atoms with Crippen LogP contribution < -0.4 is 5.73 Å². The van der Waals surface area contributed by atoms with Crippen LogP contribution in [0.15, 0.2) is 0 Å². The highest BCUT2D eigenvalue weighted by molar-refractivity contribution is 4.85. The van der Waals surface area contributed by atoms with Crippen LogP contribution in [0.4, 0.5) is 0 Å².